The van der Waals surface area contributed by atoms with Gasteiger partial charge in [-0.15, -0.1) is 0 Å². The summed E-state index contributed by atoms with van der Waals surface area (Å²) >= 11 is 0. The number of hydrogen-bond acceptors (Lipinski definition) is 2. The van der Waals surface area contributed by atoms with Crippen LogP contribution in [0.3, 0.4) is 0 Å². The van der Waals surface area contributed by atoms with E-state index in [1.165, 1.54) is 0 Å². The largest absolute Gasteiger partial charge is 0.494 e. The summed E-state index contributed by atoms with van der Waals surface area (Å²) in [6, 6.07) is 9.74. The maximum Gasteiger partial charge on any atom is 0.223 e. The van der Waals surface area contributed by atoms with Gasteiger partial charge in [0.05, 0.1) is 6.61 Å². The van der Waals surface area contributed by atoms with Gasteiger partial charge in [0.1, 0.15) is 5.75 Å². The Kier molecular flexibility index (Phi) is 4.42. The molecule has 1 aliphatic rings. The number of ether oxygens (including phenoxy) is 1. The van der Waals surface area contributed by atoms with Crippen LogP contribution < -0.4 is 10.1 Å². The quantitative estimate of drug-likeness (QED) is 0.867. The molecule has 1 amide bonds. The van der Waals surface area contributed by atoms with Crippen molar-refractivity contribution < 1.29 is 9.53 Å². The van der Waals surface area contributed by atoms with Gasteiger partial charge in [0, 0.05) is 12.5 Å². The van der Waals surface area contributed by atoms with Crippen molar-refractivity contribution in [1.29, 1.82) is 0 Å². The van der Waals surface area contributed by atoms with E-state index in [0.29, 0.717) is 6.61 Å². The van der Waals surface area contributed by atoms with Crippen molar-refractivity contribution in [2.45, 2.75) is 25.7 Å². The third kappa shape index (κ3) is 3.77. The monoisotopic (exact) mass is 233 g/mol. The first-order chi connectivity index (χ1) is 8.36. The number of hydrogen-bond donors (Lipinski definition) is 1. The first-order valence-electron chi connectivity index (χ1n) is 6.32. The second-order valence-corrected chi connectivity index (χ2v) is 4.43. The van der Waals surface area contributed by atoms with E-state index < -0.39 is 0 Å². The zero-order valence-corrected chi connectivity index (χ0v) is 10.0. The molecular weight excluding hydrogens is 214 g/mol. The van der Waals surface area contributed by atoms with Gasteiger partial charge >= 0.3 is 0 Å². The number of amides is 1. The fourth-order valence-electron chi connectivity index (χ4n) is 2.11. The molecule has 2 rings (SSSR count). The van der Waals surface area contributed by atoms with Gasteiger partial charge in [-0.3, -0.25) is 4.79 Å². The highest BCUT2D eigenvalue weighted by Gasteiger charge is 2.20. The number of carbonyl (C=O) groups is 1. The SMILES string of the molecule is O=C1NCCCCC1CCOc1ccccc1. The molecule has 0 bridgehead atoms. The van der Waals surface area contributed by atoms with E-state index in [4.69, 9.17) is 4.74 Å². The van der Waals surface area contributed by atoms with Crippen LogP contribution in [0.15, 0.2) is 30.3 Å². The Morgan fingerprint density at radius 3 is 2.88 bits per heavy atom. The van der Waals surface area contributed by atoms with Crippen LogP contribution in [-0.4, -0.2) is 19.1 Å². The third-order valence-electron chi connectivity index (χ3n) is 3.13. The Hall–Kier alpha value is -1.51. The van der Waals surface area contributed by atoms with Crippen molar-refractivity contribution in [2.24, 2.45) is 5.92 Å². The molecule has 3 heteroatoms. The lowest BCUT2D eigenvalue weighted by Gasteiger charge is -2.13. The van der Waals surface area contributed by atoms with Crippen LogP contribution in [0.25, 0.3) is 0 Å². The highest BCUT2D eigenvalue weighted by atomic mass is 16.5. The Morgan fingerprint density at radius 1 is 1.24 bits per heavy atom. The Bertz CT molecular complexity index is 350. The number of para-hydroxylation sites is 1. The summed E-state index contributed by atoms with van der Waals surface area (Å²) in [5.41, 5.74) is 0. The summed E-state index contributed by atoms with van der Waals surface area (Å²) in [4.78, 5) is 11.7. The molecule has 1 fully saturated rings. The summed E-state index contributed by atoms with van der Waals surface area (Å²) in [5.74, 6) is 1.20. The van der Waals surface area contributed by atoms with Gasteiger partial charge in [-0.2, -0.15) is 0 Å². The number of rotatable bonds is 4. The lowest BCUT2D eigenvalue weighted by molar-refractivity contribution is -0.125. The first kappa shape index (κ1) is 12.0. The van der Waals surface area contributed by atoms with Gasteiger partial charge in [-0.1, -0.05) is 24.6 Å². The van der Waals surface area contributed by atoms with Crippen LogP contribution in [0.4, 0.5) is 0 Å². The molecule has 0 saturated carbocycles. The fourth-order valence-corrected chi connectivity index (χ4v) is 2.11. The molecule has 1 aliphatic heterocycles. The number of benzene rings is 1. The molecule has 3 nitrogen and oxygen atoms in total. The van der Waals surface area contributed by atoms with Crippen LogP contribution >= 0.6 is 0 Å². The van der Waals surface area contributed by atoms with Crippen molar-refractivity contribution >= 4 is 5.91 Å². The maximum absolute atomic E-state index is 11.7. The third-order valence-corrected chi connectivity index (χ3v) is 3.13. The second kappa shape index (κ2) is 6.28. The minimum absolute atomic E-state index is 0.126. The summed E-state index contributed by atoms with van der Waals surface area (Å²) in [6.07, 6.45) is 4.03. The summed E-state index contributed by atoms with van der Waals surface area (Å²) in [7, 11) is 0. The van der Waals surface area contributed by atoms with Gasteiger partial charge in [-0.25, -0.2) is 0 Å². The average Bonchev–Trinajstić information content (AvgIpc) is 2.56. The summed E-state index contributed by atoms with van der Waals surface area (Å²) in [6.45, 7) is 1.44. The molecule has 1 atom stereocenters. The molecule has 1 unspecified atom stereocenters. The predicted octanol–water partition coefficient (Wildman–Crippen LogP) is 2.37. The molecular formula is C14H19NO2. The molecule has 0 aromatic heterocycles. The van der Waals surface area contributed by atoms with E-state index in [1.54, 1.807) is 0 Å². The minimum Gasteiger partial charge on any atom is -0.494 e. The summed E-state index contributed by atoms with van der Waals surface area (Å²) < 4.78 is 5.62. The van der Waals surface area contributed by atoms with Crippen LogP contribution in [-0.2, 0) is 4.79 Å². The molecule has 0 radical (unpaired) electrons. The molecule has 1 saturated heterocycles. The fraction of sp³-hybridized carbons (Fsp3) is 0.500. The maximum atomic E-state index is 11.7. The topological polar surface area (TPSA) is 38.3 Å². The van der Waals surface area contributed by atoms with Crippen molar-refractivity contribution in [3.8, 4) is 5.75 Å². The molecule has 92 valence electrons. The standard InChI is InChI=1S/C14H19NO2/c16-14-12(6-4-5-10-15-14)9-11-17-13-7-2-1-3-8-13/h1-3,7-8,12H,4-6,9-11H2,(H,15,16). The molecule has 0 aliphatic carbocycles. The molecule has 17 heavy (non-hydrogen) atoms. The number of nitrogens with one attached hydrogen (secondary N) is 1. The lowest BCUT2D eigenvalue weighted by atomic mass is 9.99. The Morgan fingerprint density at radius 2 is 2.06 bits per heavy atom. The van der Waals surface area contributed by atoms with E-state index in [2.05, 4.69) is 5.32 Å². The minimum atomic E-state index is 0.126. The van der Waals surface area contributed by atoms with Crippen molar-refractivity contribution in [3.63, 3.8) is 0 Å². The molecule has 1 heterocycles. The molecule has 1 aromatic rings. The normalized spacial score (nSPS) is 20.5. The zero-order chi connectivity index (χ0) is 11.9. The lowest BCUT2D eigenvalue weighted by Crippen LogP contribution is -2.29. The summed E-state index contributed by atoms with van der Waals surface area (Å²) in [5, 5.41) is 2.95. The van der Waals surface area contributed by atoms with E-state index in [-0.39, 0.29) is 11.8 Å². The second-order valence-electron chi connectivity index (χ2n) is 4.43. The Labute approximate surface area is 102 Å². The zero-order valence-electron chi connectivity index (χ0n) is 10.0. The van der Waals surface area contributed by atoms with Crippen LogP contribution in [0.2, 0.25) is 0 Å². The van der Waals surface area contributed by atoms with Crippen molar-refractivity contribution in [3.05, 3.63) is 30.3 Å². The van der Waals surface area contributed by atoms with Gasteiger partial charge < -0.3 is 10.1 Å². The van der Waals surface area contributed by atoms with E-state index in [1.807, 2.05) is 30.3 Å². The van der Waals surface area contributed by atoms with Crippen LogP contribution in [0, 0.1) is 5.92 Å². The van der Waals surface area contributed by atoms with E-state index in [9.17, 15) is 4.79 Å². The molecule has 1 aromatic carbocycles. The van der Waals surface area contributed by atoms with Gasteiger partial charge in [0.15, 0.2) is 0 Å². The van der Waals surface area contributed by atoms with E-state index >= 15 is 0 Å². The molecule has 1 N–H and O–H groups in total. The highest BCUT2D eigenvalue weighted by Crippen LogP contribution is 2.17. The van der Waals surface area contributed by atoms with Gasteiger partial charge in [0.25, 0.3) is 0 Å². The van der Waals surface area contributed by atoms with Gasteiger partial charge in [-0.05, 0) is 31.4 Å². The smallest absolute Gasteiger partial charge is 0.223 e. The van der Waals surface area contributed by atoms with Gasteiger partial charge in [0.2, 0.25) is 5.91 Å². The van der Waals surface area contributed by atoms with Crippen molar-refractivity contribution in [2.75, 3.05) is 13.2 Å². The van der Waals surface area contributed by atoms with Crippen LogP contribution in [0.1, 0.15) is 25.7 Å². The number of carbonyl (C=O) groups excluding carboxylic acids is 1. The first-order valence-corrected chi connectivity index (χ1v) is 6.32. The predicted molar refractivity (Wildman–Crippen MR) is 66.9 cm³/mol. The average molecular weight is 233 g/mol. The van der Waals surface area contributed by atoms with E-state index in [0.717, 1.165) is 38.0 Å². The highest BCUT2D eigenvalue weighted by molar-refractivity contribution is 5.78. The molecule has 0 spiro atoms. The van der Waals surface area contributed by atoms with Crippen molar-refractivity contribution in [1.82, 2.24) is 5.32 Å². The van der Waals surface area contributed by atoms with Crippen LogP contribution in [0.5, 0.6) is 5.75 Å². The Balaban J connectivity index is 1.75.